The molecule has 0 aliphatic heterocycles. The van der Waals surface area contributed by atoms with Crippen molar-refractivity contribution in [1.82, 2.24) is 0 Å². The number of ether oxygens (including phenoxy) is 1. The summed E-state index contributed by atoms with van der Waals surface area (Å²) in [5, 5.41) is 69.0. The maximum Gasteiger partial charge on any atom is 0.300 e. The second-order valence-corrected chi connectivity index (χ2v) is 5.48. The summed E-state index contributed by atoms with van der Waals surface area (Å²) in [5.41, 5.74) is -2.32. The quantitative estimate of drug-likeness (QED) is 0.195. The van der Waals surface area contributed by atoms with Crippen LogP contribution in [-0.2, 0) is 14.3 Å². The Labute approximate surface area is 145 Å². The molecule has 0 fully saturated rings. The Bertz CT molecular complexity index is 281. The molecule has 0 amide bonds. The molecule has 0 heterocycles. The van der Waals surface area contributed by atoms with E-state index in [1.165, 1.54) is 0 Å². The molecule has 0 rings (SSSR count). The van der Waals surface area contributed by atoms with Crippen LogP contribution >= 0.6 is 0 Å². The minimum atomic E-state index is -1.16. The average molecular weight is 374 g/mol. The lowest BCUT2D eigenvalue weighted by atomic mass is 9.91. The molecule has 25 heavy (non-hydrogen) atoms. The highest BCUT2D eigenvalue weighted by atomic mass is 16.5. The number of hydrogen-bond donors (Lipinski definition) is 8. The lowest BCUT2D eigenvalue weighted by Crippen LogP contribution is -2.43. The molecule has 11 nitrogen and oxygen atoms in total. The number of hydrogen-bond acceptors (Lipinski definition) is 9. The van der Waals surface area contributed by atoms with Gasteiger partial charge in [0.25, 0.3) is 11.9 Å². The molecule has 152 valence electrons. The molecular formula is C14H30O11. The van der Waals surface area contributed by atoms with Crippen LogP contribution in [0.3, 0.4) is 0 Å². The summed E-state index contributed by atoms with van der Waals surface area (Å²) in [6.45, 7) is -0.839. The van der Waals surface area contributed by atoms with Crippen LogP contribution in [-0.4, -0.2) is 106 Å². The minimum Gasteiger partial charge on any atom is -0.481 e. The molecule has 0 saturated carbocycles. The standard InChI is InChI=1S/C10H22O7.2C2H4O2/c11-1-9(2-12,3-13)7-17-8-10(4-14,5-15)6-16;2*1-2(3)4/h11-16H,1-8H2;2*1H3,(H,3,4). The monoisotopic (exact) mass is 374 g/mol. The molecule has 0 aromatic rings. The van der Waals surface area contributed by atoms with Gasteiger partial charge in [-0.15, -0.1) is 0 Å². The van der Waals surface area contributed by atoms with Crippen molar-refractivity contribution in [3.63, 3.8) is 0 Å². The van der Waals surface area contributed by atoms with Gasteiger partial charge >= 0.3 is 0 Å². The third kappa shape index (κ3) is 15.9. The largest absolute Gasteiger partial charge is 0.481 e. The number of rotatable bonds is 10. The van der Waals surface area contributed by atoms with Gasteiger partial charge in [-0.05, 0) is 0 Å². The first-order valence-electron chi connectivity index (χ1n) is 7.16. The number of aliphatic carboxylic acids is 2. The van der Waals surface area contributed by atoms with Crippen LogP contribution in [0.25, 0.3) is 0 Å². The molecule has 0 aliphatic carbocycles. The van der Waals surface area contributed by atoms with E-state index in [-0.39, 0.29) is 13.2 Å². The van der Waals surface area contributed by atoms with Gasteiger partial charge in [0.05, 0.1) is 63.7 Å². The number of carbonyl (C=O) groups is 2. The maximum absolute atomic E-state index is 9.03. The summed E-state index contributed by atoms with van der Waals surface area (Å²) in [7, 11) is 0. The van der Waals surface area contributed by atoms with Gasteiger partial charge in [-0.3, -0.25) is 9.59 Å². The molecule has 0 unspecified atom stereocenters. The molecule has 0 aromatic heterocycles. The van der Waals surface area contributed by atoms with Crippen molar-refractivity contribution in [1.29, 1.82) is 0 Å². The Balaban J connectivity index is -0.000000503. The summed E-state index contributed by atoms with van der Waals surface area (Å²) in [6.07, 6.45) is 0. The van der Waals surface area contributed by atoms with E-state index in [0.717, 1.165) is 13.8 Å². The summed E-state index contributed by atoms with van der Waals surface area (Å²) in [5.74, 6) is -1.67. The Morgan fingerprint density at radius 3 is 0.920 bits per heavy atom. The highest BCUT2D eigenvalue weighted by Crippen LogP contribution is 2.19. The summed E-state index contributed by atoms with van der Waals surface area (Å²) in [6, 6.07) is 0. The lowest BCUT2D eigenvalue weighted by molar-refractivity contribution is -0.135. The van der Waals surface area contributed by atoms with Crippen LogP contribution in [0.15, 0.2) is 0 Å². The van der Waals surface area contributed by atoms with E-state index < -0.39 is 62.4 Å². The van der Waals surface area contributed by atoms with E-state index in [1.807, 2.05) is 0 Å². The fourth-order valence-electron chi connectivity index (χ4n) is 1.06. The summed E-state index contributed by atoms with van der Waals surface area (Å²) < 4.78 is 5.15. The van der Waals surface area contributed by atoms with Crippen LogP contribution in [0.5, 0.6) is 0 Å². The highest BCUT2D eigenvalue weighted by molar-refractivity contribution is 5.63. The van der Waals surface area contributed by atoms with Gasteiger partial charge in [0.1, 0.15) is 0 Å². The van der Waals surface area contributed by atoms with Gasteiger partial charge < -0.3 is 45.6 Å². The molecule has 0 saturated heterocycles. The van der Waals surface area contributed by atoms with Gasteiger partial charge in [0, 0.05) is 13.8 Å². The number of carboxylic acid groups (broad SMARTS) is 2. The summed E-state index contributed by atoms with van der Waals surface area (Å²) in [4.78, 5) is 18.0. The average Bonchev–Trinajstić information content (AvgIpc) is 2.55. The first-order chi connectivity index (χ1) is 11.5. The fourth-order valence-corrected chi connectivity index (χ4v) is 1.06. The molecule has 0 spiro atoms. The lowest BCUT2D eigenvalue weighted by Gasteiger charge is -2.31. The molecule has 11 heteroatoms. The van der Waals surface area contributed by atoms with Crippen molar-refractivity contribution in [2.45, 2.75) is 13.8 Å². The fraction of sp³-hybridized carbons (Fsp3) is 0.857. The van der Waals surface area contributed by atoms with E-state index in [9.17, 15) is 0 Å². The predicted octanol–water partition coefficient (Wildman–Crippen LogP) is -2.89. The minimum absolute atomic E-state index is 0.141. The van der Waals surface area contributed by atoms with Crippen LogP contribution in [0.1, 0.15) is 13.8 Å². The van der Waals surface area contributed by atoms with Crippen molar-refractivity contribution >= 4 is 11.9 Å². The maximum atomic E-state index is 9.03. The van der Waals surface area contributed by atoms with Crippen molar-refractivity contribution in [2.75, 3.05) is 52.9 Å². The van der Waals surface area contributed by atoms with Crippen molar-refractivity contribution in [3.8, 4) is 0 Å². The van der Waals surface area contributed by atoms with Crippen LogP contribution in [0, 0.1) is 10.8 Å². The van der Waals surface area contributed by atoms with Crippen LogP contribution in [0.4, 0.5) is 0 Å². The van der Waals surface area contributed by atoms with E-state index in [0.29, 0.717) is 0 Å². The van der Waals surface area contributed by atoms with Gasteiger partial charge in [0.2, 0.25) is 0 Å². The van der Waals surface area contributed by atoms with E-state index in [1.54, 1.807) is 0 Å². The van der Waals surface area contributed by atoms with E-state index in [4.69, 9.17) is 55.2 Å². The zero-order chi connectivity index (χ0) is 20.5. The van der Waals surface area contributed by atoms with Gasteiger partial charge in [-0.25, -0.2) is 0 Å². The molecule has 8 N–H and O–H groups in total. The first-order valence-corrected chi connectivity index (χ1v) is 7.16. The second-order valence-electron chi connectivity index (χ2n) is 5.48. The number of aliphatic hydroxyl groups excluding tert-OH is 6. The Morgan fingerprint density at radius 2 is 0.800 bits per heavy atom. The topological polar surface area (TPSA) is 205 Å². The number of aliphatic hydroxyl groups is 6. The molecule has 0 aromatic carbocycles. The molecule has 0 bridgehead atoms. The predicted molar refractivity (Wildman–Crippen MR) is 84.8 cm³/mol. The van der Waals surface area contributed by atoms with E-state index >= 15 is 0 Å². The Morgan fingerprint density at radius 1 is 0.640 bits per heavy atom. The third-order valence-corrected chi connectivity index (χ3v) is 2.83. The molecule has 0 aliphatic rings. The van der Waals surface area contributed by atoms with Gasteiger partial charge in [-0.1, -0.05) is 0 Å². The molecule has 0 atom stereocenters. The zero-order valence-corrected chi connectivity index (χ0v) is 14.5. The smallest absolute Gasteiger partial charge is 0.300 e. The first kappa shape index (κ1) is 28.5. The number of carboxylic acids is 2. The van der Waals surface area contributed by atoms with Crippen LogP contribution in [0.2, 0.25) is 0 Å². The Hall–Kier alpha value is -1.34. The summed E-state index contributed by atoms with van der Waals surface area (Å²) >= 11 is 0. The van der Waals surface area contributed by atoms with E-state index in [2.05, 4.69) is 0 Å². The molecule has 0 radical (unpaired) electrons. The van der Waals surface area contributed by atoms with Gasteiger partial charge in [-0.2, -0.15) is 0 Å². The van der Waals surface area contributed by atoms with Crippen molar-refractivity contribution < 1.29 is 55.2 Å². The highest BCUT2D eigenvalue weighted by Gasteiger charge is 2.32. The zero-order valence-electron chi connectivity index (χ0n) is 14.5. The normalized spacial score (nSPS) is 10.9. The third-order valence-electron chi connectivity index (χ3n) is 2.83. The van der Waals surface area contributed by atoms with Gasteiger partial charge in [0.15, 0.2) is 0 Å². The Kier molecular flexibility index (Phi) is 18.4. The SMILES string of the molecule is CC(=O)O.CC(=O)O.OCC(CO)(CO)COCC(CO)(CO)CO. The second kappa shape index (κ2) is 16.1. The van der Waals surface area contributed by atoms with Crippen molar-refractivity contribution in [3.05, 3.63) is 0 Å². The molecular weight excluding hydrogens is 344 g/mol. The van der Waals surface area contributed by atoms with Crippen LogP contribution < -0.4 is 0 Å². The van der Waals surface area contributed by atoms with Crippen molar-refractivity contribution in [2.24, 2.45) is 10.8 Å².